The molecule has 0 bridgehead atoms. The number of fused-ring (bicyclic) bond motifs is 1. The van der Waals surface area contributed by atoms with Gasteiger partial charge in [0.15, 0.2) is 5.82 Å². The van der Waals surface area contributed by atoms with E-state index >= 15 is 0 Å². The average molecular weight is 431 g/mol. The van der Waals surface area contributed by atoms with Crippen molar-refractivity contribution in [3.05, 3.63) is 109 Å². The van der Waals surface area contributed by atoms with Gasteiger partial charge in [0, 0.05) is 16.7 Å². The fourth-order valence-corrected chi connectivity index (χ4v) is 4.86. The number of nitrogens with zero attached hydrogens (tertiary/aromatic N) is 4. The summed E-state index contributed by atoms with van der Waals surface area (Å²) in [6.45, 7) is 0. The Morgan fingerprint density at radius 2 is 1.25 bits per heavy atom. The molecule has 4 nitrogen and oxygen atoms in total. The average Bonchev–Trinajstić information content (AvgIpc) is 3.54. The highest BCUT2D eigenvalue weighted by atomic mass is 32.1. The normalized spacial score (nSPS) is 11.1. The van der Waals surface area contributed by atoms with E-state index in [0.717, 1.165) is 49.5 Å². The highest BCUT2D eigenvalue weighted by Gasteiger charge is 2.19. The molecule has 6 rings (SSSR count). The van der Waals surface area contributed by atoms with Gasteiger partial charge in [0.05, 0.1) is 21.4 Å². The number of thiazole rings is 1. The molecular formula is C27H18N4S. The van der Waals surface area contributed by atoms with E-state index in [4.69, 9.17) is 0 Å². The van der Waals surface area contributed by atoms with E-state index < -0.39 is 0 Å². The Morgan fingerprint density at radius 3 is 1.94 bits per heavy atom. The van der Waals surface area contributed by atoms with Crippen molar-refractivity contribution in [2.45, 2.75) is 0 Å². The largest absolute Gasteiger partial charge is 0.280 e. The standard InChI is InChI=1S/C27H18N4S/c1-3-9-19(10-4-1)21-13-7-14-22(20-11-5-2-6-12-20)26(21)31-17-29-30-27(31)23-15-8-16-24-25(23)28-18-32-24/h1-18H. The Labute approximate surface area is 189 Å². The molecule has 0 atom stereocenters. The van der Waals surface area contributed by atoms with Crippen molar-refractivity contribution in [3.8, 4) is 39.3 Å². The molecule has 4 aromatic carbocycles. The van der Waals surface area contributed by atoms with E-state index in [2.05, 4.69) is 105 Å². The summed E-state index contributed by atoms with van der Waals surface area (Å²) in [6.07, 6.45) is 1.80. The number of hydrogen-bond donors (Lipinski definition) is 0. The predicted molar refractivity (Wildman–Crippen MR) is 131 cm³/mol. The van der Waals surface area contributed by atoms with Crippen LogP contribution in [0.4, 0.5) is 0 Å². The molecule has 0 N–H and O–H groups in total. The minimum atomic E-state index is 0.780. The zero-order chi connectivity index (χ0) is 21.3. The van der Waals surface area contributed by atoms with E-state index in [9.17, 15) is 0 Å². The van der Waals surface area contributed by atoms with E-state index in [1.807, 2.05) is 17.6 Å². The monoisotopic (exact) mass is 430 g/mol. The molecule has 2 aromatic heterocycles. The van der Waals surface area contributed by atoms with E-state index in [1.54, 1.807) is 17.7 Å². The van der Waals surface area contributed by atoms with E-state index in [-0.39, 0.29) is 0 Å². The third-order valence-electron chi connectivity index (χ3n) is 5.60. The van der Waals surface area contributed by atoms with Crippen LogP contribution >= 0.6 is 11.3 Å². The van der Waals surface area contributed by atoms with Gasteiger partial charge in [-0.1, -0.05) is 84.9 Å². The number of hydrogen-bond acceptors (Lipinski definition) is 4. The molecule has 0 aliphatic carbocycles. The van der Waals surface area contributed by atoms with E-state index in [0.29, 0.717) is 0 Å². The lowest BCUT2D eigenvalue weighted by molar-refractivity contribution is 1.07. The summed E-state index contributed by atoms with van der Waals surface area (Å²) in [5.41, 5.74) is 9.39. The Hall–Kier alpha value is -4.09. The van der Waals surface area contributed by atoms with Gasteiger partial charge in [0.25, 0.3) is 0 Å². The molecule has 152 valence electrons. The molecular weight excluding hydrogens is 412 g/mol. The molecule has 32 heavy (non-hydrogen) atoms. The molecule has 2 heterocycles. The molecule has 0 unspecified atom stereocenters. The van der Waals surface area contributed by atoms with Crippen molar-refractivity contribution in [2.24, 2.45) is 0 Å². The van der Waals surface area contributed by atoms with Crippen molar-refractivity contribution >= 4 is 21.6 Å². The molecule has 0 amide bonds. The van der Waals surface area contributed by atoms with Crippen LogP contribution in [0, 0.1) is 0 Å². The lowest BCUT2D eigenvalue weighted by Gasteiger charge is -2.18. The molecule has 0 aliphatic heterocycles. The maximum absolute atomic E-state index is 4.61. The lowest BCUT2D eigenvalue weighted by Crippen LogP contribution is -2.02. The summed E-state index contributed by atoms with van der Waals surface area (Å²) < 4.78 is 3.23. The maximum atomic E-state index is 4.61. The highest BCUT2D eigenvalue weighted by molar-refractivity contribution is 7.16. The van der Waals surface area contributed by atoms with Gasteiger partial charge in [-0.25, -0.2) is 4.98 Å². The number of para-hydroxylation sites is 2. The minimum Gasteiger partial charge on any atom is -0.280 e. The first-order valence-electron chi connectivity index (χ1n) is 10.4. The molecule has 0 saturated heterocycles. The molecule has 0 fully saturated rings. The summed E-state index contributed by atoms with van der Waals surface area (Å²) in [6, 6.07) is 33.5. The highest BCUT2D eigenvalue weighted by Crippen LogP contribution is 2.38. The van der Waals surface area contributed by atoms with Crippen LogP contribution in [0.5, 0.6) is 0 Å². The number of rotatable bonds is 4. The Morgan fingerprint density at radius 1 is 0.625 bits per heavy atom. The third-order valence-corrected chi connectivity index (χ3v) is 6.39. The predicted octanol–water partition coefficient (Wildman–Crippen LogP) is 6.88. The van der Waals surface area contributed by atoms with E-state index in [1.165, 1.54) is 0 Å². The van der Waals surface area contributed by atoms with Crippen molar-refractivity contribution in [1.29, 1.82) is 0 Å². The second-order valence-electron chi connectivity index (χ2n) is 7.46. The van der Waals surface area contributed by atoms with Crippen molar-refractivity contribution in [2.75, 3.05) is 0 Å². The second kappa shape index (κ2) is 7.87. The van der Waals surface area contributed by atoms with Gasteiger partial charge in [0.2, 0.25) is 0 Å². The van der Waals surface area contributed by atoms with Crippen LogP contribution in [-0.4, -0.2) is 19.7 Å². The topological polar surface area (TPSA) is 43.6 Å². The van der Waals surface area contributed by atoms with Crippen LogP contribution in [0.2, 0.25) is 0 Å². The van der Waals surface area contributed by atoms with Crippen molar-refractivity contribution in [1.82, 2.24) is 19.7 Å². The Kier molecular flexibility index (Phi) is 4.59. The Bertz CT molecular complexity index is 1460. The SMILES string of the molecule is c1ccc(-c2cccc(-c3ccccc3)c2-n2cnnc2-c2cccc3scnc23)cc1. The first-order valence-corrected chi connectivity index (χ1v) is 11.2. The van der Waals surface area contributed by atoms with Gasteiger partial charge < -0.3 is 0 Å². The van der Waals surface area contributed by atoms with Crippen LogP contribution in [0.25, 0.3) is 49.5 Å². The lowest BCUT2D eigenvalue weighted by atomic mass is 9.95. The van der Waals surface area contributed by atoms with Gasteiger partial charge in [0.1, 0.15) is 6.33 Å². The zero-order valence-electron chi connectivity index (χ0n) is 17.1. The van der Waals surface area contributed by atoms with Gasteiger partial charge in [-0.05, 0) is 23.3 Å². The molecule has 0 radical (unpaired) electrons. The molecule has 0 spiro atoms. The van der Waals surface area contributed by atoms with Gasteiger partial charge in [-0.15, -0.1) is 21.5 Å². The zero-order valence-corrected chi connectivity index (χ0v) is 17.9. The maximum Gasteiger partial charge on any atom is 0.170 e. The van der Waals surface area contributed by atoms with Gasteiger partial charge >= 0.3 is 0 Å². The summed E-state index contributed by atoms with van der Waals surface area (Å²) in [5.74, 6) is 0.780. The smallest absolute Gasteiger partial charge is 0.170 e. The fourth-order valence-electron chi connectivity index (χ4n) is 4.15. The summed E-state index contributed by atoms with van der Waals surface area (Å²) >= 11 is 1.63. The molecule has 6 aromatic rings. The van der Waals surface area contributed by atoms with Crippen molar-refractivity contribution in [3.63, 3.8) is 0 Å². The molecule has 5 heteroatoms. The van der Waals surface area contributed by atoms with Crippen LogP contribution < -0.4 is 0 Å². The quantitative estimate of drug-likeness (QED) is 0.306. The van der Waals surface area contributed by atoms with Crippen LogP contribution in [0.1, 0.15) is 0 Å². The van der Waals surface area contributed by atoms with Crippen LogP contribution in [-0.2, 0) is 0 Å². The van der Waals surface area contributed by atoms with Crippen molar-refractivity contribution < 1.29 is 0 Å². The molecule has 0 saturated carbocycles. The fraction of sp³-hybridized carbons (Fsp3) is 0. The first-order chi connectivity index (χ1) is 15.9. The van der Waals surface area contributed by atoms with Crippen LogP contribution in [0.3, 0.4) is 0 Å². The second-order valence-corrected chi connectivity index (χ2v) is 8.35. The summed E-state index contributed by atoms with van der Waals surface area (Å²) in [4.78, 5) is 4.61. The Balaban J connectivity index is 1.67. The molecule has 0 aliphatic rings. The third kappa shape index (κ3) is 3.11. The van der Waals surface area contributed by atoms with Gasteiger partial charge in [-0.3, -0.25) is 4.57 Å². The number of aromatic nitrogens is 4. The minimum absolute atomic E-state index is 0.780. The van der Waals surface area contributed by atoms with Gasteiger partial charge in [-0.2, -0.15) is 0 Å². The van der Waals surface area contributed by atoms with Crippen LogP contribution in [0.15, 0.2) is 109 Å². The summed E-state index contributed by atoms with van der Waals surface area (Å²) in [7, 11) is 0. The first kappa shape index (κ1) is 18.7. The summed E-state index contributed by atoms with van der Waals surface area (Å²) in [5, 5.41) is 8.86. The number of benzene rings is 4.